The summed E-state index contributed by atoms with van der Waals surface area (Å²) in [6.07, 6.45) is 5.46. The van der Waals surface area contributed by atoms with E-state index in [-0.39, 0.29) is 30.8 Å². The molecule has 1 aliphatic carbocycles. The van der Waals surface area contributed by atoms with Gasteiger partial charge in [-0.1, -0.05) is 111 Å². The van der Waals surface area contributed by atoms with E-state index < -0.39 is 6.04 Å². The maximum absolute atomic E-state index is 14.0. The first kappa shape index (κ1) is 29.2. The fourth-order valence-corrected chi connectivity index (χ4v) is 5.76. The monoisotopic (exact) mass is 564 g/mol. The average molecular weight is 566 g/mol. The molecule has 3 aromatic carbocycles. The molecule has 2 amide bonds. The number of rotatable bonds is 11. The van der Waals surface area contributed by atoms with E-state index in [1.165, 1.54) is 5.56 Å². The van der Waals surface area contributed by atoms with Gasteiger partial charge in [0.2, 0.25) is 11.8 Å². The Balaban J connectivity index is 1.62. The number of amides is 2. The topological polar surface area (TPSA) is 49.4 Å². The molecule has 1 fully saturated rings. The quantitative estimate of drug-likeness (QED) is 0.259. The summed E-state index contributed by atoms with van der Waals surface area (Å²) in [5.74, 6) is 0.235. The Hall–Kier alpha value is -2.82. The molecule has 3 aromatic rings. The summed E-state index contributed by atoms with van der Waals surface area (Å²) in [4.78, 5) is 29.5. The zero-order valence-electron chi connectivity index (χ0n) is 22.8. The number of benzene rings is 3. The van der Waals surface area contributed by atoms with Crippen molar-refractivity contribution >= 4 is 35.0 Å². The van der Waals surface area contributed by atoms with Gasteiger partial charge in [0.1, 0.15) is 6.04 Å². The van der Waals surface area contributed by atoms with Crippen molar-refractivity contribution in [2.45, 2.75) is 83.3 Å². The van der Waals surface area contributed by atoms with E-state index in [0.29, 0.717) is 34.4 Å². The van der Waals surface area contributed by atoms with Gasteiger partial charge < -0.3 is 10.2 Å². The second-order valence-electron chi connectivity index (χ2n) is 10.8. The highest BCUT2D eigenvalue weighted by Gasteiger charge is 2.32. The molecule has 39 heavy (non-hydrogen) atoms. The molecule has 1 N–H and O–H groups in total. The second kappa shape index (κ2) is 14.0. The van der Waals surface area contributed by atoms with Crippen molar-refractivity contribution in [3.63, 3.8) is 0 Å². The lowest BCUT2D eigenvalue weighted by Gasteiger charge is -2.33. The summed E-state index contributed by atoms with van der Waals surface area (Å²) in [6.45, 7) is 4.50. The molecule has 0 spiro atoms. The summed E-state index contributed by atoms with van der Waals surface area (Å²) in [7, 11) is 0. The van der Waals surface area contributed by atoms with Gasteiger partial charge >= 0.3 is 0 Å². The molecule has 4 rings (SSSR count). The van der Waals surface area contributed by atoms with Crippen LogP contribution in [0.3, 0.4) is 0 Å². The van der Waals surface area contributed by atoms with Crippen molar-refractivity contribution in [1.82, 2.24) is 10.2 Å². The van der Waals surface area contributed by atoms with Crippen molar-refractivity contribution in [2.24, 2.45) is 0 Å². The van der Waals surface area contributed by atoms with Gasteiger partial charge in [-0.2, -0.15) is 0 Å². The third-order valence-corrected chi connectivity index (χ3v) is 8.34. The van der Waals surface area contributed by atoms with Crippen LogP contribution in [-0.4, -0.2) is 28.8 Å². The zero-order valence-corrected chi connectivity index (χ0v) is 24.3. The maximum Gasteiger partial charge on any atom is 0.243 e. The van der Waals surface area contributed by atoms with Crippen LogP contribution < -0.4 is 5.32 Å². The fourth-order valence-electron chi connectivity index (χ4n) is 5.24. The van der Waals surface area contributed by atoms with Gasteiger partial charge in [0.15, 0.2) is 0 Å². The van der Waals surface area contributed by atoms with Crippen molar-refractivity contribution < 1.29 is 9.59 Å². The van der Waals surface area contributed by atoms with Crippen LogP contribution in [0.5, 0.6) is 0 Å². The molecule has 0 bridgehead atoms. The lowest BCUT2D eigenvalue weighted by atomic mass is 9.99. The Morgan fingerprint density at radius 1 is 0.872 bits per heavy atom. The minimum atomic E-state index is -0.684. The number of nitrogens with one attached hydrogen (secondary N) is 1. The molecule has 0 heterocycles. The van der Waals surface area contributed by atoms with Gasteiger partial charge in [-0.3, -0.25) is 9.59 Å². The number of carbonyl (C=O) groups is 2. The van der Waals surface area contributed by atoms with Crippen LogP contribution in [0.2, 0.25) is 10.0 Å². The van der Waals surface area contributed by atoms with Crippen LogP contribution >= 0.6 is 23.2 Å². The van der Waals surface area contributed by atoms with E-state index in [1.807, 2.05) is 30.3 Å². The standard InChI is InChI=1S/C33H38Cl2N2O2/c1-23(2)26-18-15-24(16-19-26)17-20-32(38)37(22-28-29(34)13-8-14-30(28)35)31(21-25-9-4-3-5-10-25)33(39)36-27-11-6-7-12-27/h3-5,8-10,13-16,18-19,23,27,31H,6-7,11-12,17,20-22H2,1-2H3,(H,36,39). The van der Waals surface area contributed by atoms with Gasteiger partial charge in [-0.15, -0.1) is 0 Å². The normalized spacial score (nSPS) is 14.4. The summed E-state index contributed by atoms with van der Waals surface area (Å²) < 4.78 is 0. The molecule has 4 nitrogen and oxygen atoms in total. The van der Waals surface area contributed by atoms with Gasteiger partial charge in [0, 0.05) is 41.0 Å². The minimum Gasteiger partial charge on any atom is -0.352 e. The van der Waals surface area contributed by atoms with Gasteiger partial charge in [-0.05, 0) is 54.0 Å². The van der Waals surface area contributed by atoms with E-state index in [1.54, 1.807) is 23.1 Å². The van der Waals surface area contributed by atoms with Crippen LogP contribution in [0.25, 0.3) is 0 Å². The molecular weight excluding hydrogens is 527 g/mol. The Morgan fingerprint density at radius 2 is 1.51 bits per heavy atom. The van der Waals surface area contributed by atoms with Crippen molar-refractivity contribution in [3.8, 4) is 0 Å². The zero-order chi connectivity index (χ0) is 27.8. The molecule has 206 valence electrons. The molecule has 1 unspecified atom stereocenters. The third-order valence-electron chi connectivity index (χ3n) is 7.64. The predicted molar refractivity (Wildman–Crippen MR) is 160 cm³/mol. The highest BCUT2D eigenvalue weighted by molar-refractivity contribution is 6.36. The molecule has 0 saturated heterocycles. The number of carbonyl (C=O) groups excluding carboxylic acids is 2. The molecule has 6 heteroatoms. The Kier molecular flexibility index (Phi) is 10.5. The van der Waals surface area contributed by atoms with E-state index in [2.05, 4.69) is 43.4 Å². The minimum absolute atomic E-state index is 0.0959. The van der Waals surface area contributed by atoms with Crippen molar-refractivity contribution in [2.75, 3.05) is 0 Å². The Labute approximate surface area is 242 Å². The maximum atomic E-state index is 14.0. The van der Waals surface area contributed by atoms with Gasteiger partial charge in [0.25, 0.3) is 0 Å². The summed E-state index contributed by atoms with van der Waals surface area (Å²) >= 11 is 13.1. The predicted octanol–water partition coefficient (Wildman–Crippen LogP) is 7.75. The number of halogens is 2. The smallest absolute Gasteiger partial charge is 0.243 e. The Bertz CT molecular complexity index is 1220. The average Bonchev–Trinajstić information content (AvgIpc) is 3.44. The molecule has 1 atom stereocenters. The van der Waals surface area contributed by atoms with E-state index in [0.717, 1.165) is 36.8 Å². The van der Waals surface area contributed by atoms with Crippen LogP contribution in [-0.2, 0) is 29.0 Å². The number of nitrogens with zero attached hydrogens (tertiary/aromatic N) is 1. The molecule has 1 aliphatic rings. The lowest BCUT2D eigenvalue weighted by Crippen LogP contribution is -2.52. The highest BCUT2D eigenvalue weighted by atomic mass is 35.5. The van der Waals surface area contributed by atoms with Crippen molar-refractivity contribution in [3.05, 3.63) is 105 Å². The molecule has 1 saturated carbocycles. The van der Waals surface area contributed by atoms with Gasteiger partial charge in [0.05, 0.1) is 0 Å². The fraction of sp³-hybridized carbons (Fsp3) is 0.394. The van der Waals surface area contributed by atoms with E-state index in [4.69, 9.17) is 23.2 Å². The number of aryl methyl sites for hydroxylation is 1. The molecule has 0 aromatic heterocycles. The Morgan fingerprint density at radius 3 is 2.13 bits per heavy atom. The van der Waals surface area contributed by atoms with Crippen LogP contribution in [0.1, 0.15) is 74.1 Å². The summed E-state index contributed by atoms with van der Waals surface area (Å²) in [5, 5.41) is 4.21. The first-order valence-corrected chi connectivity index (χ1v) is 14.7. The highest BCUT2D eigenvalue weighted by Crippen LogP contribution is 2.28. The SMILES string of the molecule is CC(C)c1ccc(CCC(=O)N(Cc2c(Cl)cccc2Cl)C(Cc2ccccc2)C(=O)NC2CCCC2)cc1. The number of hydrogen-bond acceptors (Lipinski definition) is 2. The van der Waals surface area contributed by atoms with Crippen LogP contribution in [0.4, 0.5) is 0 Å². The first-order chi connectivity index (χ1) is 18.8. The second-order valence-corrected chi connectivity index (χ2v) is 11.6. The van der Waals surface area contributed by atoms with Crippen LogP contribution in [0.15, 0.2) is 72.8 Å². The number of hydrogen-bond donors (Lipinski definition) is 1. The molecule has 0 aliphatic heterocycles. The lowest BCUT2D eigenvalue weighted by molar-refractivity contribution is -0.141. The van der Waals surface area contributed by atoms with Crippen LogP contribution in [0, 0.1) is 0 Å². The van der Waals surface area contributed by atoms with E-state index >= 15 is 0 Å². The summed E-state index contributed by atoms with van der Waals surface area (Å²) in [6, 6.07) is 23.1. The largest absolute Gasteiger partial charge is 0.352 e. The molecule has 0 radical (unpaired) electrons. The molecular formula is C33H38Cl2N2O2. The summed E-state index contributed by atoms with van der Waals surface area (Å²) in [5.41, 5.74) is 4.02. The van der Waals surface area contributed by atoms with E-state index in [9.17, 15) is 9.59 Å². The van der Waals surface area contributed by atoms with Crippen molar-refractivity contribution in [1.29, 1.82) is 0 Å². The first-order valence-electron chi connectivity index (χ1n) is 14.0. The van der Waals surface area contributed by atoms with Gasteiger partial charge in [-0.25, -0.2) is 0 Å². The third kappa shape index (κ3) is 8.09.